The maximum atomic E-state index is 12.7. The van der Waals surface area contributed by atoms with Gasteiger partial charge in [0, 0.05) is 22.5 Å². The van der Waals surface area contributed by atoms with E-state index in [0.717, 1.165) is 0 Å². The van der Waals surface area contributed by atoms with Gasteiger partial charge < -0.3 is 19.7 Å². The molecule has 3 heterocycles. The van der Waals surface area contributed by atoms with Gasteiger partial charge in [-0.25, -0.2) is 4.79 Å². The average Bonchev–Trinajstić information content (AvgIpc) is 3.37. The summed E-state index contributed by atoms with van der Waals surface area (Å²) in [5, 5.41) is 18.8. The van der Waals surface area contributed by atoms with Crippen molar-refractivity contribution in [2.24, 2.45) is 0 Å². The van der Waals surface area contributed by atoms with Crippen LogP contribution in [-0.4, -0.2) is 46.1 Å². The number of hydrogen-bond donors (Lipinski definition) is 4. The number of ether oxygens (including phenoxy) is 1. The predicted molar refractivity (Wildman–Crippen MR) is 115 cm³/mol. The molecule has 2 aliphatic rings. The second-order valence-corrected chi connectivity index (χ2v) is 7.64. The summed E-state index contributed by atoms with van der Waals surface area (Å²) in [7, 11) is 1.51. The first-order valence-corrected chi connectivity index (χ1v) is 9.82. The molecule has 2 aliphatic heterocycles. The number of nitrogens with one attached hydrogen (secondary N) is 3. The molecule has 10 nitrogen and oxygen atoms in total. The Kier molecular flexibility index (Phi) is 4.35. The lowest BCUT2D eigenvalue weighted by Gasteiger charge is -2.20. The van der Waals surface area contributed by atoms with Gasteiger partial charge in [0.15, 0.2) is 5.88 Å². The topological polar surface area (TPSA) is 139 Å². The summed E-state index contributed by atoms with van der Waals surface area (Å²) < 4.78 is 6.61. The van der Waals surface area contributed by atoms with E-state index < -0.39 is 29.3 Å². The highest BCUT2D eigenvalue weighted by atomic mass is 16.5. The van der Waals surface area contributed by atoms with Crippen LogP contribution < -0.4 is 20.7 Å². The summed E-state index contributed by atoms with van der Waals surface area (Å²) in [4.78, 5) is 48.3. The predicted octanol–water partition coefficient (Wildman–Crippen LogP) is 0.869. The summed E-state index contributed by atoms with van der Waals surface area (Å²) in [5.41, 5.74) is -0.876. The molecule has 10 heteroatoms. The highest BCUT2D eigenvalue weighted by Gasteiger charge is 2.46. The molecule has 0 unspecified atom stereocenters. The largest absolute Gasteiger partial charge is 0.497 e. The molecular weight excluding hydrogens is 428 g/mol. The SMILES string of the molecule is COc1ccc2cn(C[C@@]3(C#Cc4ccc5c(c4)C(=O)NC5=O)NC(=O)NC3=O)c(O)c2c1. The van der Waals surface area contributed by atoms with Crippen LogP contribution in [0.1, 0.15) is 26.3 Å². The summed E-state index contributed by atoms with van der Waals surface area (Å²) in [5.74, 6) is 4.33. The molecule has 4 N–H and O–H groups in total. The number of carbonyl (C=O) groups is 4. The number of rotatable bonds is 3. The Morgan fingerprint density at radius 2 is 1.82 bits per heavy atom. The molecule has 3 aromatic rings. The smallest absolute Gasteiger partial charge is 0.323 e. The fraction of sp³-hybridized carbons (Fsp3) is 0.130. The molecule has 2 aromatic carbocycles. The normalized spacial score (nSPS) is 18.9. The standard InChI is InChI=1S/C23H16N4O6/c1-33-14-4-3-13-10-27(20(30)16(13)9-14)11-23(21(31)25-22(32)26-23)7-6-12-2-5-15-17(8-12)19(29)24-18(15)28/h2-5,8-10,30H,11H2,1H3,(H,24,28,29)(H2,25,26,31,32)/t23-/m1/s1. The lowest BCUT2D eigenvalue weighted by Crippen LogP contribution is -2.49. The molecule has 1 saturated heterocycles. The van der Waals surface area contributed by atoms with Crippen molar-refractivity contribution < 1.29 is 29.0 Å². The average molecular weight is 444 g/mol. The summed E-state index contributed by atoms with van der Waals surface area (Å²) >= 11 is 0. The summed E-state index contributed by atoms with van der Waals surface area (Å²) in [6.45, 7) is -0.176. The Bertz CT molecular complexity index is 1460. The Labute approximate surface area is 186 Å². The fourth-order valence-corrected chi connectivity index (χ4v) is 3.88. The molecule has 33 heavy (non-hydrogen) atoms. The molecular formula is C23H16N4O6. The molecule has 1 atom stereocenters. The minimum Gasteiger partial charge on any atom is -0.497 e. The molecule has 0 radical (unpaired) electrons. The molecule has 5 rings (SSSR count). The van der Waals surface area contributed by atoms with Gasteiger partial charge in [-0.1, -0.05) is 11.8 Å². The van der Waals surface area contributed by atoms with Crippen LogP contribution in [0.2, 0.25) is 0 Å². The van der Waals surface area contributed by atoms with Gasteiger partial charge in [0.1, 0.15) is 5.75 Å². The van der Waals surface area contributed by atoms with E-state index in [0.29, 0.717) is 22.1 Å². The van der Waals surface area contributed by atoms with Crippen LogP contribution in [0.3, 0.4) is 0 Å². The molecule has 164 valence electrons. The van der Waals surface area contributed by atoms with Gasteiger partial charge in [0.25, 0.3) is 17.7 Å². The van der Waals surface area contributed by atoms with Crippen molar-refractivity contribution in [1.82, 2.24) is 20.5 Å². The number of nitrogens with zero attached hydrogens (tertiary/aromatic N) is 1. The number of benzene rings is 2. The highest BCUT2D eigenvalue weighted by molar-refractivity contribution is 6.21. The Balaban J connectivity index is 1.55. The zero-order valence-corrected chi connectivity index (χ0v) is 17.2. The number of amides is 5. The van der Waals surface area contributed by atoms with E-state index in [4.69, 9.17) is 4.74 Å². The third-order valence-corrected chi connectivity index (χ3v) is 5.57. The minimum atomic E-state index is -1.68. The Hall–Kier alpha value is -4.78. The van der Waals surface area contributed by atoms with Crippen molar-refractivity contribution >= 4 is 34.5 Å². The Morgan fingerprint density at radius 1 is 1.03 bits per heavy atom. The number of urea groups is 1. The quantitative estimate of drug-likeness (QED) is 0.269. The van der Waals surface area contributed by atoms with Gasteiger partial charge in [-0.2, -0.15) is 0 Å². The number of imide groups is 2. The monoisotopic (exact) mass is 444 g/mol. The van der Waals surface area contributed by atoms with Crippen molar-refractivity contribution in [3.63, 3.8) is 0 Å². The van der Waals surface area contributed by atoms with Crippen LogP contribution in [-0.2, 0) is 11.3 Å². The lowest BCUT2D eigenvalue weighted by atomic mass is 9.99. The number of fused-ring (bicyclic) bond motifs is 2. The third-order valence-electron chi connectivity index (χ3n) is 5.57. The summed E-state index contributed by atoms with van der Waals surface area (Å²) in [6, 6.07) is 8.89. The van der Waals surface area contributed by atoms with E-state index in [9.17, 15) is 24.3 Å². The number of methoxy groups -OCH3 is 1. The van der Waals surface area contributed by atoms with Crippen molar-refractivity contribution in [2.75, 3.05) is 7.11 Å². The van der Waals surface area contributed by atoms with E-state index in [1.165, 1.54) is 23.8 Å². The van der Waals surface area contributed by atoms with E-state index in [1.54, 1.807) is 30.5 Å². The van der Waals surface area contributed by atoms with E-state index in [-0.39, 0.29) is 23.6 Å². The lowest BCUT2D eigenvalue weighted by molar-refractivity contribution is -0.122. The minimum absolute atomic E-state index is 0.119. The number of carbonyl (C=O) groups excluding carboxylic acids is 4. The third kappa shape index (κ3) is 3.23. The second kappa shape index (κ2) is 7.13. The van der Waals surface area contributed by atoms with Crippen LogP contribution in [0, 0.1) is 11.8 Å². The van der Waals surface area contributed by atoms with E-state index in [2.05, 4.69) is 27.8 Å². The van der Waals surface area contributed by atoms with Gasteiger partial charge >= 0.3 is 6.03 Å². The first kappa shape index (κ1) is 20.1. The van der Waals surface area contributed by atoms with Crippen LogP contribution in [0.5, 0.6) is 11.6 Å². The van der Waals surface area contributed by atoms with E-state index in [1.807, 2.05) is 0 Å². The van der Waals surface area contributed by atoms with Crippen LogP contribution in [0.15, 0.2) is 42.6 Å². The van der Waals surface area contributed by atoms with Crippen molar-refractivity contribution in [1.29, 1.82) is 0 Å². The second-order valence-electron chi connectivity index (χ2n) is 7.64. The Morgan fingerprint density at radius 3 is 2.55 bits per heavy atom. The van der Waals surface area contributed by atoms with Crippen LogP contribution >= 0.6 is 0 Å². The van der Waals surface area contributed by atoms with Gasteiger partial charge in [0.2, 0.25) is 5.54 Å². The molecule has 0 saturated carbocycles. The van der Waals surface area contributed by atoms with Crippen LogP contribution in [0.25, 0.3) is 10.8 Å². The maximum absolute atomic E-state index is 12.7. The molecule has 0 bridgehead atoms. The van der Waals surface area contributed by atoms with Crippen molar-refractivity contribution in [3.8, 4) is 23.5 Å². The number of hydrogen-bond acceptors (Lipinski definition) is 6. The maximum Gasteiger partial charge on any atom is 0.323 e. The molecule has 0 aliphatic carbocycles. The van der Waals surface area contributed by atoms with E-state index >= 15 is 0 Å². The molecule has 1 fully saturated rings. The van der Waals surface area contributed by atoms with Gasteiger partial charge in [0.05, 0.1) is 24.8 Å². The first-order valence-electron chi connectivity index (χ1n) is 9.82. The molecule has 5 amide bonds. The van der Waals surface area contributed by atoms with Gasteiger partial charge in [-0.15, -0.1) is 0 Å². The molecule has 1 aromatic heterocycles. The van der Waals surface area contributed by atoms with Crippen LogP contribution in [0.4, 0.5) is 4.79 Å². The number of aromatic nitrogens is 1. The van der Waals surface area contributed by atoms with Gasteiger partial charge in [-0.05, 0) is 36.4 Å². The highest BCUT2D eigenvalue weighted by Crippen LogP contribution is 2.32. The zero-order valence-electron chi connectivity index (χ0n) is 17.2. The van der Waals surface area contributed by atoms with Gasteiger partial charge in [-0.3, -0.25) is 25.0 Å². The van der Waals surface area contributed by atoms with Crippen molar-refractivity contribution in [2.45, 2.75) is 12.1 Å². The first-order chi connectivity index (χ1) is 15.8. The fourth-order valence-electron chi connectivity index (χ4n) is 3.88. The summed E-state index contributed by atoms with van der Waals surface area (Å²) in [6.07, 6.45) is 1.64. The zero-order chi connectivity index (χ0) is 23.3. The molecule has 0 spiro atoms. The number of aromatic hydroxyl groups is 1. The van der Waals surface area contributed by atoms with Crippen molar-refractivity contribution in [3.05, 3.63) is 59.3 Å².